The molecule has 18 heavy (non-hydrogen) atoms. The zero-order valence-corrected chi connectivity index (χ0v) is 11.0. The molecule has 2 aromatic rings. The number of benzene rings is 1. The van der Waals surface area contributed by atoms with Gasteiger partial charge in [-0.2, -0.15) is 0 Å². The Kier molecular flexibility index (Phi) is 2.84. The van der Waals surface area contributed by atoms with Crippen molar-refractivity contribution in [1.82, 2.24) is 4.98 Å². The monoisotopic (exact) mass is 259 g/mol. The summed E-state index contributed by atoms with van der Waals surface area (Å²) < 4.78 is 0. The highest BCUT2D eigenvalue weighted by molar-refractivity contribution is 7.15. The van der Waals surface area contributed by atoms with Crippen LogP contribution in [0.5, 0.6) is 0 Å². The Labute approximate surface area is 111 Å². The molecular weight excluding hydrogens is 242 g/mol. The third-order valence-electron chi connectivity index (χ3n) is 3.65. The third-order valence-corrected chi connectivity index (χ3v) is 4.64. The summed E-state index contributed by atoms with van der Waals surface area (Å²) in [6, 6.07) is 10.3. The van der Waals surface area contributed by atoms with Gasteiger partial charge >= 0.3 is 0 Å². The van der Waals surface area contributed by atoms with Gasteiger partial charge < -0.3 is 11.5 Å². The van der Waals surface area contributed by atoms with Gasteiger partial charge in [-0.25, -0.2) is 4.98 Å². The number of nitrogens with zero attached hydrogens (tertiary/aromatic N) is 1. The number of hydrogen-bond donors (Lipinski definition) is 2. The quantitative estimate of drug-likeness (QED) is 0.773. The zero-order valence-electron chi connectivity index (χ0n) is 10.2. The number of thiazole rings is 1. The van der Waals surface area contributed by atoms with Crippen molar-refractivity contribution >= 4 is 16.5 Å². The molecule has 0 saturated carbocycles. The highest BCUT2D eigenvalue weighted by Gasteiger charge is 2.32. The molecule has 1 heterocycles. The molecule has 1 aliphatic rings. The Morgan fingerprint density at radius 1 is 1.22 bits per heavy atom. The molecular formula is C14H17N3S. The van der Waals surface area contributed by atoms with Crippen LogP contribution >= 0.6 is 11.3 Å². The number of fused-ring (bicyclic) bond motifs is 1. The van der Waals surface area contributed by atoms with Crippen molar-refractivity contribution in [2.45, 2.75) is 31.2 Å². The van der Waals surface area contributed by atoms with Crippen molar-refractivity contribution in [3.63, 3.8) is 0 Å². The van der Waals surface area contributed by atoms with E-state index >= 15 is 0 Å². The molecule has 1 aromatic carbocycles. The first kappa shape index (κ1) is 11.7. The molecule has 4 heteroatoms. The minimum Gasteiger partial charge on any atom is -0.375 e. The number of rotatable bonds is 1. The van der Waals surface area contributed by atoms with Gasteiger partial charge in [0.15, 0.2) is 5.13 Å². The van der Waals surface area contributed by atoms with Gasteiger partial charge in [0.05, 0.1) is 5.69 Å². The first-order valence-electron chi connectivity index (χ1n) is 6.26. The van der Waals surface area contributed by atoms with E-state index in [1.807, 2.05) is 18.2 Å². The predicted molar refractivity (Wildman–Crippen MR) is 75.5 cm³/mol. The van der Waals surface area contributed by atoms with Crippen LogP contribution in [0, 0.1) is 0 Å². The fraction of sp³-hybridized carbons (Fsp3) is 0.357. The fourth-order valence-corrected chi connectivity index (χ4v) is 3.60. The first-order chi connectivity index (χ1) is 8.67. The van der Waals surface area contributed by atoms with Crippen LogP contribution < -0.4 is 11.5 Å². The molecule has 1 aromatic heterocycles. The van der Waals surface area contributed by atoms with E-state index in [9.17, 15) is 0 Å². The van der Waals surface area contributed by atoms with Gasteiger partial charge in [-0.15, -0.1) is 11.3 Å². The highest BCUT2D eigenvalue weighted by atomic mass is 32.1. The Bertz CT molecular complexity index is 549. The molecule has 1 unspecified atom stereocenters. The van der Waals surface area contributed by atoms with Gasteiger partial charge in [0, 0.05) is 16.8 Å². The Morgan fingerprint density at radius 2 is 2.00 bits per heavy atom. The van der Waals surface area contributed by atoms with Crippen molar-refractivity contribution < 1.29 is 0 Å². The Morgan fingerprint density at radius 3 is 2.78 bits per heavy atom. The second-order valence-corrected chi connectivity index (χ2v) is 6.09. The van der Waals surface area contributed by atoms with Crippen molar-refractivity contribution in [3.8, 4) is 0 Å². The second kappa shape index (κ2) is 4.37. The molecule has 0 saturated heterocycles. The van der Waals surface area contributed by atoms with Crippen molar-refractivity contribution in [2.75, 3.05) is 5.73 Å². The maximum atomic E-state index is 6.63. The molecule has 0 amide bonds. The number of nitrogens with two attached hydrogens (primary N) is 2. The lowest BCUT2D eigenvalue weighted by atomic mass is 9.84. The van der Waals surface area contributed by atoms with E-state index in [1.54, 1.807) is 11.3 Å². The van der Waals surface area contributed by atoms with Crippen molar-refractivity contribution in [2.24, 2.45) is 5.73 Å². The molecule has 1 atom stereocenters. The molecule has 0 spiro atoms. The highest BCUT2D eigenvalue weighted by Crippen LogP contribution is 2.35. The summed E-state index contributed by atoms with van der Waals surface area (Å²) in [5.41, 5.74) is 14.4. The normalized spacial score (nSPS) is 23.4. The van der Waals surface area contributed by atoms with Gasteiger partial charge in [0.2, 0.25) is 0 Å². The standard InChI is InChI=1S/C14H17N3S/c15-13-17-11-9-14(16,8-4-7-12(11)18-13)10-5-2-1-3-6-10/h1-3,5-6H,4,7-9,16H2,(H2,15,17). The summed E-state index contributed by atoms with van der Waals surface area (Å²) in [6.07, 6.45) is 3.94. The fourth-order valence-electron chi connectivity index (χ4n) is 2.70. The van der Waals surface area contributed by atoms with Crippen LogP contribution in [0.2, 0.25) is 0 Å². The van der Waals surface area contributed by atoms with E-state index in [-0.39, 0.29) is 5.54 Å². The molecule has 0 radical (unpaired) electrons. The van der Waals surface area contributed by atoms with Gasteiger partial charge in [-0.1, -0.05) is 30.3 Å². The van der Waals surface area contributed by atoms with Crippen LogP contribution in [-0.4, -0.2) is 4.98 Å². The lowest BCUT2D eigenvalue weighted by Gasteiger charge is -2.28. The molecule has 0 fully saturated rings. The summed E-state index contributed by atoms with van der Waals surface area (Å²) in [7, 11) is 0. The summed E-state index contributed by atoms with van der Waals surface area (Å²) in [5.74, 6) is 0. The average molecular weight is 259 g/mol. The summed E-state index contributed by atoms with van der Waals surface area (Å²) in [6.45, 7) is 0. The Balaban J connectivity index is 1.99. The molecule has 94 valence electrons. The smallest absolute Gasteiger partial charge is 0.180 e. The summed E-state index contributed by atoms with van der Waals surface area (Å²) in [5, 5.41) is 0.664. The average Bonchev–Trinajstić information content (AvgIpc) is 2.62. The van der Waals surface area contributed by atoms with Crippen LogP contribution in [0.4, 0.5) is 5.13 Å². The van der Waals surface area contributed by atoms with E-state index in [0.29, 0.717) is 5.13 Å². The van der Waals surface area contributed by atoms with Gasteiger partial charge in [0.25, 0.3) is 0 Å². The molecule has 0 aliphatic heterocycles. The zero-order chi connectivity index (χ0) is 12.6. The predicted octanol–water partition coefficient (Wildman–Crippen LogP) is 2.46. The number of hydrogen-bond acceptors (Lipinski definition) is 4. The maximum absolute atomic E-state index is 6.63. The minimum atomic E-state index is -0.299. The number of nitrogen functional groups attached to an aromatic ring is 1. The maximum Gasteiger partial charge on any atom is 0.180 e. The topological polar surface area (TPSA) is 64.9 Å². The molecule has 1 aliphatic carbocycles. The van der Waals surface area contributed by atoms with Crippen LogP contribution in [0.1, 0.15) is 29.0 Å². The summed E-state index contributed by atoms with van der Waals surface area (Å²) in [4.78, 5) is 5.76. The van der Waals surface area contributed by atoms with Gasteiger partial charge in [-0.3, -0.25) is 0 Å². The number of aromatic nitrogens is 1. The van der Waals surface area contributed by atoms with Gasteiger partial charge in [0.1, 0.15) is 0 Å². The third kappa shape index (κ3) is 2.02. The van der Waals surface area contributed by atoms with E-state index in [0.717, 1.165) is 31.4 Å². The van der Waals surface area contributed by atoms with E-state index in [2.05, 4.69) is 17.1 Å². The molecule has 4 N–H and O–H groups in total. The van der Waals surface area contributed by atoms with Crippen LogP contribution in [0.3, 0.4) is 0 Å². The summed E-state index contributed by atoms with van der Waals surface area (Å²) >= 11 is 1.61. The lowest BCUT2D eigenvalue weighted by Crippen LogP contribution is -2.38. The SMILES string of the molecule is Nc1nc2c(s1)CCCC(N)(c1ccccc1)C2. The van der Waals surface area contributed by atoms with Crippen LogP contribution in [0.15, 0.2) is 30.3 Å². The largest absolute Gasteiger partial charge is 0.375 e. The van der Waals surface area contributed by atoms with Crippen LogP contribution in [-0.2, 0) is 18.4 Å². The molecule has 3 nitrogen and oxygen atoms in total. The number of aryl methyl sites for hydroxylation is 1. The Hall–Kier alpha value is -1.39. The molecule has 3 rings (SSSR count). The van der Waals surface area contributed by atoms with E-state index in [4.69, 9.17) is 11.5 Å². The first-order valence-corrected chi connectivity index (χ1v) is 7.07. The van der Waals surface area contributed by atoms with Crippen molar-refractivity contribution in [1.29, 1.82) is 0 Å². The number of anilines is 1. The van der Waals surface area contributed by atoms with Gasteiger partial charge in [-0.05, 0) is 24.8 Å². The van der Waals surface area contributed by atoms with E-state index < -0.39 is 0 Å². The van der Waals surface area contributed by atoms with Crippen LogP contribution in [0.25, 0.3) is 0 Å². The molecule has 0 bridgehead atoms. The second-order valence-electron chi connectivity index (χ2n) is 4.97. The minimum absolute atomic E-state index is 0.299. The van der Waals surface area contributed by atoms with E-state index in [1.165, 1.54) is 10.4 Å². The lowest BCUT2D eigenvalue weighted by molar-refractivity contribution is 0.402. The van der Waals surface area contributed by atoms with Crippen molar-refractivity contribution in [3.05, 3.63) is 46.5 Å².